The summed E-state index contributed by atoms with van der Waals surface area (Å²) in [6, 6.07) is 2.35. The number of aliphatic carboxylic acids is 1. The van der Waals surface area contributed by atoms with Crippen LogP contribution in [0.25, 0.3) is 4.85 Å². The predicted octanol–water partition coefficient (Wildman–Crippen LogP) is 1.76. The maximum Gasteiger partial charge on any atom is 0.350 e. The summed E-state index contributed by atoms with van der Waals surface area (Å²) in [4.78, 5) is 13.9. The second-order valence-corrected chi connectivity index (χ2v) is 2.13. The number of carboxylic acid groups (broad SMARTS) is 1. The van der Waals surface area contributed by atoms with Crippen molar-refractivity contribution in [2.24, 2.45) is 0 Å². The zero-order valence-corrected chi connectivity index (χ0v) is 6.63. The van der Waals surface area contributed by atoms with E-state index in [-0.39, 0.29) is 5.57 Å². The van der Waals surface area contributed by atoms with E-state index in [4.69, 9.17) is 5.11 Å². The lowest BCUT2D eigenvalue weighted by molar-refractivity contribution is -0.132. The third-order valence-corrected chi connectivity index (χ3v) is 1.10. The van der Waals surface area contributed by atoms with Gasteiger partial charge in [0, 0.05) is 6.42 Å². The number of unbranched alkanes of at least 4 members (excludes halogenated alkanes) is 1. The molecule has 0 spiro atoms. The fourth-order valence-electron chi connectivity index (χ4n) is 0.436. The van der Waals surface area contributed by atoms with Crippen molar-refractivity contribution < 1.29 is 9.90 Å². The lowest BCUT2D eigenvalue weighted by atomic mass is 10.3. The molecule has 0 aliphatic heterocycles. The molecular weight excluding hydrogens is 142 g/mol. The van der Waals surface area contributed by atoms with Crippen LogP contribution in [-0.2, 0) is 4.79 Å². The summed E-state index contributed by atoms with van der Waals surface area (Å²) in [5.74, 6) is -1.06. The van der Waals surface area contributed by atoms with Crippen LogP contribution >= 0.6 is 0 Å². The van der Waals surface area contributed by atoms with E-state index in [1.807, 2.05) is 6.92 Å². The molecule has 0 atom stereocenters. The first-order valence-electron chi connectivity index (χ1n) is 3.53. The van der Waals surface area contributed by atoms with Gasteiger partial charge in [-0.15, -0.1) is 0 Å². The summed E-state index contributed by atoms with van der Waals surface area (Å²) in [7, 11) is 0. The zero-order chi connectivity index (χ0) is 8.69. The van der Waals surface area contributed by atoms with Crippen molar-refractivity contribution in [2.75, 3.05) is 6.54 Å². The van der Waals surface area contributed by atoms with Gasteiger partial charge in [-0.05, 0) is 6.42 Å². The highest BCUT2D eigenvalue weighted by Gasteiger charge is 2.05. The predicted molar refractivity (Wildman–Crippen MR) is 43.8 cm³/mol. The van der Waals surface area contributed by atoms with Gasteiger partial charge in [-0.25, -0.2) is 4.79 Å². The van der Waals surface area contributed by atoms with E-state index < -0.39 is 5.97 Å². The summed E-state index contributed by atoms with van der Waals surface area (Å²) in [5, 5.41) is 8.32. The Kier molecular flexibility index (Phi) is 4.83. The fraction of sp³-hybridized carbons (Fsp3) is 0.500. The fourth-order valence-corrected chi connectivity index (χ4v) is 0.436. The third kappa shape index (κ3) is 5.16. The van der Waals surface area contributed by atoms with Crippen LogP contribution in [0.3, 0.4) is 0 Å². The second kappa shape index (κ2) is 5.48. The van der Waals surface area contributed by atoms with Crippen molar-refractivity contribution >= 4 is 5.97 Å². The number of hydrogen-bond donors (Lipinski definition) is 1. The molecule has 0 fully saturated rings. The molecule has 0 unspecified atom stereocenters. The van der Waals surface area contributed by atoms with Crippen molar-refractivity contribution in [3.05, 3.63) is 17.0 Å². The molecule has 3 heteroatoms. The summed E-state index contributed by atoms with van der Waals surface area (Å²) < 4.78 is 0. The van der Waals surface area contributed by atoms with Crippen molar-refractivity contribution in [1.29, 1.82) is 0 Å². The largest absolute Gasteiger partial charge is 0.477 e. The third-order valence-electron chi connectivity index (χ3n) is 1.10. The molecule has 0 rings (SSSR count). The van der Waals surface area contributed by atoms with E-state index in [1.165, 1.54) is 0 Å². The van der Waals surface area contributed by atoms with E-state index in [0.29, 0.717) is 6.54 Å². The average Bonchev–Trinajstić information content (AvgIpc) is 1.97. The minimum absolute atomic E-state index is 0.0823. The molecule has 0 bridgehead atoms. The smallest absolute Gasteiger partial charge is 0.350 e. The molecule has 0 saturated heterocycles. The Morgan fingerprint density at radius 3 is 2.82 bits per heavy atom. The van der Waals surface area contributed by atoms with Crippen LogP contribution in [0.1, 0.15) is 19.8 Å². The first-order valence-corrected chi connectivity index (χ1v) is 3.53. The molecule has 0 radical (unpaired) electrons. The standard InChI is InChI=1S/C8H11NO2/c1-3-4-5-9-6-7(2)8(10)11/h2-5H2,1H3/p+1. The van der Waals surface area contributed by atoms with Gasteiger partial charge in [-0.3, -0.25) is 0 Å². The SMILES string of the molecule is C=C(C#[N+]CCCC)C(=O)O. The van der Waals surface area contributed by atoms with Gasteiger partial charge in [0.2, 0.25) is 0 Å². The molecule has 0 amide bonds. The van der Waals surface area contributed by atoms with Crippen LogP contribution in [0.2, 0.25) is 0 Å². The molecule has 0 saturated carbocycles. The van der Waals surface area contributed by atoms with Gasteiger partial charge in [0.1, 0.15) is 0 Å². The van der Waals surface area contributed by atoms with Crippen LogP contribution < -0.4 is 0 Å². The summed E-state index contributed by atoms with van der Waals surface area (Å²) in [5.41, 5.74) is -0.0823. The Labute approximate surface area is 66.2 Å². The molecule has 0 aliphatic carbocycles. The number of rotatable bonds is 3. The van der Waals surface area contributed by atoms with Gasteiger partial charge >= 0.3 is 12.0 Å². The van der Waals surface area contributed by atoms with Crippen LogP contribution in [0.5, 0.6) is 0 Å². The molecule has 0 aromatic carbocycles. The van der Waals surface area contributed by atoms with Gasteiger partial charge in [-0.1, -0.05) is 18.3 Å². The molecule has 1 N–H and O–H groups in total. The maximum atomic E-state index is 10.1. The second-order valence-electron chi connectivity index (χ2n) is 2.13. The molecule has 0 aromatic rings. The molecule has 3 nitrogen and oxygen atoms in total. The molecule has 60 valence electrons. The molecule has 0 aliphatic rings. The number of hydrogen-bond acceptors (Lipinski definition) is 1. The van der Waals surface area contributed by atoms with Gasteiger partial charge in [0.15, 0.2) is 5.57 Å². The van der Waals surface area contributed by atoms with Gasteiger partial charge < -0.3 is 5.11 Å². The van der Waals surface area contributed by atoms with E-state index in [1.54, 1.807) is 0 Å². The summed E-state index contributed by atoms with van der Waals surface area (Å²) in [6.45, 7) is 5.92. The summed E-state index contributed by atoms with van der Waals surface area (Å²) >= 11 is 0. The normalized spacial score (nSPS) is 8.09. The average molecular weight is 154 g/mol. The van der Waals surface area contributed by atoms with Crippen LogP contribution in [-0.4, -0.2) is 17.6 Å². The maximum absolute atomic E-state index is 10.1. The number of carbonyl (C=O) groups is 1. The highest BCUT2D eigenvalue weighted by molar-refractivity contribution is 5.90. The van der Waals surface area contributed by atoms with Crippen LogP contribution in [0, 0.1) is 6.07 Å². The van der Waals surface area contributed by atoms with Crippen molar-refractivity contribution in [3.8, 4) is 6.07 Å². The quantitative estimate of drug-likeness (QED) is 0.382. The van der Waals surface area contributed by atoms with E-state index in [9.17, 15) is 4.79 Å². The van der Waals surface area contributed by atoms with Crippen molar-refractivity contribution in [1.82, 2.24) is 0 Å². The Balaban J connectivity index is 3.69. The first kappa shape index (κ1) is 9.70. The summed E-state index contributed by atoms with van der Waals surface area (Å²) in [6.07, 6.45) is 2.00. The van der Waals surface area contributed by atoms with Gasteiger partial charge in [0.05, 0.1) is 0 Å². The number of nitrogens with zero attached hydrogens (tertiary/aromatic N) is 1. The monoisotopic (exact) mass is 154 g/mol. The Morgan fingerprint density at radius 1 is 1.73 bits per heavy atom. The van der Waals surface area contributed by atoms with Crippen LogP contribution in [0.15, 0.2) is 12.2 Å². The zero-order valence-electron chi connectivity index (χ0n) is 6.63. The molecule has 0 heterocycles. The Hall–Kier alpha value is -1.30. The lowest BCUT2D eigenvalue weighted by Gasteiger charge is -1.76. The minimum Gasteiger partial charge on any atom is -0.477 e. The van der Waals surface area contributed by atoms with E-state index in [2.05, 4.69) is 17.5 Å². The van der Waals surface area contributed by atoms with Crippen molar-refractivity contribution in [2.45, 2.75) is 19.8 Å². The Morgan fingerprint density at radius 2 is 2.36 bits per heavy atom. The number of carboxylic acids is 1. The van der Waals surface area contributed by atoms with E-state index >= 15 is 0 Å². The molecule has 11 heavy (non-hydrogen) atoms. The van der Waals surface area contributed by atoms with Crippen LogP contribution in [0.4, 0.5) is 0 Å². The minimum atomic E-state index is -1.06. The highest BCUT2D eigenvalue weighted by Crippen LogP contribution is 1.90. The molecule has 0 aromatic heterocycles. The Bertz CT molecular complexity index is 210. The van der Waals surface area contributed by atoms with Gasteiger partial charge in [0.25, 0.3) is 6.54 Å². The van der Waals surface area contributed by atoms with E-state index in [0.717, 1.165) is 12.8 Å². The lowest BCUT2D eigenvalue weighted by Crippen LogP contribution is -1.95. The molecular formula is C8H12NO2+. The highest BCUT2D eigenvalue weighted by atomic mass is 16.4. The first-order chi connectivity index (χ1) is 5.18. The topological polar surface area (TPSA) is 41.7 Å². The van der Waals surface area contributed by atoms with Gasteiger partial charge in [-0.2, -0.15) is 0 Å². The van der Waals surface area contributed by atoms with Crippen molar-refractivity contribution in [3.63, 3.8) is 0 Å².